The van der Waals surface area contributed by atoms with Crippen molar-refractivity contribution in [3.8, 4) is 0 Å². The highest BCUT2D eigenvalue weighted by molar-refractivity contribution is 6.30. The number of alkyl halides is 2. The van der Waals surface area contributed by atoms with E-state index in [-0.39, 0.29) is 17.1 Å². The van der Waals surface area contributed by atoms with Gasteiger partial charge >= 0.3 is 0 Å². The molecule has 0 N–H and O–H groups in total. The average Bonchev–Trinajstić information content (AvgIpc) is 1.94. The van der Waals surface area contributed by atoms with Crippen LogP contribution in [0.25, 0.3) is 0 Å². The molecule has 0 aliphatic rings. The number of hydrogen-bond acceptors (Lipinski definition) is 2. The standard InChI is InChI=1S/C7H7ClF2N2/c1-4-11-3-5(2-6(9)10)7(8)12-4/h3,6H,2H2,1H3. The zero-order chi connectivity index (χ0) is 9.14. The molecule has 1 heterocycles. The van der Waals surface area contributed by atoms with E-state index in [2.05, 4.69) is 9.97 Å². The lowest BCUT2D eigenvalue weighted by molar-refractivity contribution is 0.149. The molecule has 2 nitrogen and oxygen atoms in total. The van der Waals surface area contributed by atoms with E-state index in [4.69, 9.17) is 11.6 Å². The van der Waals surface area contributed by atoms with Gasteiger partial charge in [0, 0.05) is 18.2 Å². The highest BCUT2D eigenvalue weighted by Crippen LogP contribution is 2.15. The monoisotopic (exact) mass is 192 g/mol. The molecule has 1 rings (SSSR count). The minimum Gasteiger partial charge on any atom is -0.241 e. The maximum Gasteiger partial charge on any atom is 0.242 e. The Morgan fingerprint density at radius 1 is 1.58 bits per heavy atom. The molecule has 66 valence electrons. The first kappa shape index (κ1) is 9.32. The van der Waals surface area contributed by atoms with Crippen LogP contribution >= 0.6 is 11.6 Å². The number of aromatic nitrogens is 2. The fourth-order valence-corrected chi connectivity index (χ4v) is 1.02. The van der Waals surface area contributed by atoms with Crippen LogP contribution in [0.4, 0.5) is 8.78 Å². The molecular formula is C7H7ClF2N2. The molecule has 0 spiro atoms. The molecule has 0 aromatic carbocycles. The number of halogens is 3. The number of aryl methyl sites for hydroxylation is 1. The summed E-state index contributed by atoms with van der Waals surface area (Å²) in [6.07, 6.45) is -1.47. The molecule has 1 aromatic heterocycles. The fraction of sp³-hybridized carbons (Fsp3) is 0.429. The largest absolute Gasteiger partial charge is 0.242 e. The summed E-state index contributed by atoms with van der Waals surface area (Å²) in [5.74, 6) is 0.484. The molecule has 0 aliphatic heterocycles. The first-order chi connectivity index (χ1) is 5.59. The van der Waals surface area contributed by atoms with Gasteiger partial charge in [-0.2, -0.15) is 0 Å². The Morgan fingerprint density at radius 2 is 2.25 bits per heavy atom. The number of hydrogen-bond donors (Lipinski definition) is 0. The molecule has 0 saturated heterocycles. The zero-order valence-corrected chi connectivity index (χ0v) is 7.15. The molecule has 12 heavy (non-hydrogen) atoms. The van der Waals surface area contributed by atoms with Crippen molar-refractivity contribution < 1.29 is 8.78 Å². The van der Waals surface area contributed by atoms with Gasteiger partial charge in [-0.3, -0.25) is 0 Å². The Labute approximate surface area is 73.6 Å². The Kier molecular flexibility index (Phi) is 2.92. The minimum atomic E-state index is -2.41. The molecule has 1 aromatic rings. The second kappa shape index (κ2) is 3.76. The van der Waals surface area contributed by atoms with Gasteiger partial charge in [0.1, 0.15) is 11.0 Å². The summed E-state index contributed by atoms with van der Waals surface area (Å²) in [4.78, 5) is 7.51. The topological polar surface area (TPSA) is 25.8 Å². The predicted octanol–water partition coefficient (Wildman–Crippen LogP) is 2.25. The van der Waals surface area contributed by atoms with E-state index in [1.54, 1.807) is 6.92 Å². The van der Waals surface area contributed by atoms with E-state index in [0.717, 1.165) is 0 Å². The van der Waals surface area contributed by atoms with Crippen molar-refractivity contribution in [3.05, 3.63) is 22.7 Å². The maximum absolute atomic E-state index is 11.9. The van der Waals surface area contributed by atoms with E-state index in [9.17, 15) is 8.78 Å². The Balaban J connectivity index is 2.86. The smallest absolute Gasteiger partial charge is 0.241 e. The van der Waals surface area contributed by atoms with E-state index in [1.807, 2.05) is 0 Å². The van der Waals surface area contributed by atoms with Crippen molar-refractivity contribution in [1.29, 1.82) is 0 Å². The molecular weight excluding hydrogens is 186 g/mol. The van der Waals surface area contributed by atoms with E-state index < -0.39 is 6.43 Å². The fourth-order valence-electron chi connectivity index (χ4n) is 0.770. The number of rotatable bonds is 2. The van der Waals surface area contributed by atoms with Gasteiger partial charge in [-0.05, 0) is 6.92 Å². The lowest BCUT2D eigenvalue weighted by Crippen LogP contribution is -2.00. The second-order valence-electron chi connectivity index (χ2n) is 2.33. The molecule has 0 bridgehead atoms. The van der Waals surface area contributed by atoms with Gasteiger partial charge in [-0.25, -0.2) is 18.7 Å². The summed E-state index contributed by atoms with van der Waals surface area (Å²) in [6.45, 7) is 1.65. The van der Waals surface area contributed by atoms with Crippen LogP contribution in [0.5, 0.6) is 0 Å². The summed E-state index contributed by atoms with van der Waals surface area (Å²) in [7, 11) is 0. The molecule has 0 amide bonds. The maximum atomic E-state index is 11.9. The van der Waals surface area contributed by atoms with Gasteiger partial charge in [-0.15, -0.1) is 0 Å². The van der Waals surface area contributed by atoms with Gasteiger partial charge in [0.25, 0.3) is 0 Å². The summed E-state index contributed by atoms with van der Waals surface area (Å²) < 4.78 is 23.8. The lowest BCUT2D eigenvalue weighted by Gasteiger charge is -2.01. The quantitative estimate of drug-likeness (QED) is 0.672. The van der Waals surface area contributed by atoms with Crippen LogP contribution < -0.4 is 0 Å². The lowest BCUT2D eigenvalue weighted by atomic mass is 10.2. The van der Waals surface area contributed by atoms with Crippen molar-refractivity contribution in [2.75, 3.05) is 0 Å². The molecule has 0 unspecified atom stereocenters. The highest BCUT2D eigenvalue weighted by Gasteiger charge is 2.09. The predicted molar refractivity (Wildman–Crippen MR) is 41.5 cm³/mol. The Hall–Kier alpha value is -0.770. The summed E-state index contributed by atoms with van der Waals surface area (Å²) in [6, 6.07) is 0. The Bertz CT molecular complexity index is 278. The van der Waals surface area contributed by atoms with Crippen LogP contribution in [-0.4, -0.2) is 16.4 Å². The highest BCUT2D eigenvalue weighted by atomic mass is 35.5. The van der Waals surface area contributed by atoms with Gasteiger partial charge in [0.2, 0.25) is 6.43 Å². The van der Waals surface area contributed by atoms with Crippen molar-refractivity contribution in [1.82, 2.24) is 9.97 Å². The van der Waals surface area contributed by atoms with Crippen molar-refractivity contribution >= 4 is 11.6 Å². The van der Waals surface area contributed by atoms with Gasteiger partial charge in [0.15, 0.2) is 0 Å². The Morgan fingerprint density at radius 3 is 2.75 bits per heavy atom. The SMILES string of the molecule is Cc1ncc(CC(F)F)c(Cl)n1. The molecule has 5 heteroatoms. The third-order valence-electron chi connectivity index (χ3n) is 1.31. The summed E-state index contributed by atoms with van der Waals surface area (Å²) in [5, 5.41) is 0.114. The zero-order valence-electron chi connectivity index (χ0n) is 6.39. The molecule has 0 radical (unpaired) electrons. The van der Waals surface area contributed by atoms with Crippen LogP contribution in [0.1, 0.15) is 11.4 Å². The summed E-state index contributed by atoms with van der Waals surface area (Å²) in [5.41, 5.74) is 0.289. The van der Waals surface area contributed by atoms with Gasteiger partial charge in [-0.1, -0.05) is 11.6 Å². The van der Waals surface area contributed by atoms with Gasteiger partial charge < -0.3 is 0 Å². The van der Waals surface area contributed by atoms with Gasteiger partial charge in [0.05, 0.1) is 0 Å². The van der Waals surface area contributed by atoms with Crippen molar-refractivity contribution in [3.63, 3.8) is 0 Å². The minimum absolute atomic E-state index is 0.114. The second-order valence-corrected chi connectivity index (χ2v) is 2.69. The van der Waals surface area contributed by atoms with Crippen LogP contribution in [0, 0.1) is 6.92 Å². The van der Waals surface area contributed by atoms with E-state index >= 15 is 0 Å². The number of nitrogens with zero attached hydrogens (tertiary/aromatic N) is 2. The van der Waals surface area contributed by atoms with E-state index in [1.165, 1.54) is 6.20 Å². The first-order valence-electron chi connectivity index (χ1n) is 3.35. The summed E-state index contributed by atoms with van der Waals surface area (Å²) >= 11 is 5.59. The molecule has 0 atom stereocenters. The third kappa shape index (κ3) is 2.37. The average molecular weight is 193 g/mol. The van der Waals surface area contributed by atoms with Crippen LogP contribution in [0.3, 0.4) is 0 Å². The third-order valence-corrected chi connectivity index (χ3v) is 1.63. The van der Waals surface area contributed by atoms with Crippen molar-refractivity contribution in [2.24, 2.45) is 0 Å². The normalized spacial score (nSPS) is 10.8. The molecule has 0 saturated carbocycles. The van der Waals surface area contributed by atoms with Crippen molar-refractivity contribution in [2.45, 2.75) is 19.8 Å². The molecule has 0 fully saturated rings. The molecule has 0 aliphatic carbocycles. The van der Waals surface area contributed by atoms with Crippen LogP contribution in [0.15, 0.2) is 6.20 Å². The van der Waals surface area contributed by atoms with E-state index in [0.29, 0.717) is 5.82 Å². The first-order valence-corrected chi connectivity index (χ1v) is 3.73. The van der Waals surface area contributed by atoms with Crippen LogP contribution in [-0.2, 0) is 6.42 Å². The van der Waals surface area contributed by atoms with Crippen LogP contribution in [0.2, 0.25) is 5.15 Å².